The van der Waals surface area contributed by atoms with E-state index in [1.165, 1.54) is 6.07 Å². The molecular formula is C21H23FN4O. The van der Waals surface area contributed by atoms with Crippen LogP contribution in [0.4, 0.5) is 4.39 Å². The quantitative estimate of drug-likeness (QED) is 0.715. The van der Waals surface area contributed by atoms with E-state index in [2.05, 4.69) is 9.88 Å². The molecule has 3 heterocycles. The summed E-state index contributed by atoms with van der Waals surface area (Å²) in [7, 11) is 0. The molecule has 2 aromatic heterocycles. The van der Waals surface area contributed by atoms with E-state index in [4.69, 9.17) is 0 Å². The zero-order chi connectivity index (χ0) is 18.8. The van der Waals surface area contributed by atoms with Crippen LogP contribution in [0.25, 0.3) is 5.65 Å². The number of rotatable bonds is 3. The van der Waals surface area contributed by atoms with Gasteiger partial charge in [0.15, 0.2) is 0 Å². The van der Waals surface area contributed by atoms with Gasteiger partial charge in [0.1, 0.15) is 17.2 Å². The Bertz CT molecular complexity index is 968. The highest BCUT2D eigenvalue weighted by atomic mass is 19.1. The van der Waals surface area contributed by atoms with E-state index >= 15 is 0 Å². The first-order valence-corrected chi connectivity index (χ1v) is 9.31. The summed E-state index contributed by atoms with van der Waals surface area (Å²) >= 11 is 0. The predicted octanol–water partition coefficient (Wildman–Crippen LogP) is 3.13. The molecule has 1 aliphatic rings. The number of nitrogens with zero attached hydrogens (tertiary/aromatic N) is 4. The van der Waals surface area contributed by atoms with Gasteiger partial charge in [-0.3, -0.25) is 9.69 Å². The number of hydrogen-bond acceptors (Lipinski definition) is 3. The lowest BCUT2D eigenvalue weighted by Crippen LogP contribution is -2.35. The third-order valence-corrected chi connectivity index (χ3v) is 5.14. The number of aromatic nitrogens is 2. The molecule has 1 aromatic carbocycles. The van der Waals surface area contributed by atoms with Crippen LogP contribution in [0.3, 0.4) is 0 Å². The molecule has 1 fully saturated rings. The standard InChI is InChI=1S/C21H23FN4O/c1-16-6-4-9-20-23-19(15-26(16)20)21(27)25-11-5-10-24(12-13-25)14-17-7-2-3-8-18(17)22/h2-4,6-9,15H,5,10-14H2,1H3. The average molecular weight is 366 g/mol. The van der Waals surface area contributed by atoms with Crippen molar-refractivity contribution in [2.45, 2.75) is 19.9 Å². The Balaban J connectivity index is 1.45. The van der Waals surface area contributed by atoms with Crippen molar-refractivity contribution in [3.8, 4) is 0 Å². The molecule has 140 valence electrons. The minimum atomic E-state index is -0.172. The first kappa shape index (κ1) is 17.7. The zero-order valence-electron chi connectivity index (χ0n) is 15.4. The summed E-state index contributed by atoms with van der Waals surface area (Å²) in [5, 5.41) is 0. The van der Waals surface area contributed by atoms with Crippen molar-refractivity contribution in [3.63, 3.8) is 0 Å². The van der Waals surface area contributed by atoms with E-state index in [9.17, 15) is 9.18 Å². The van der Waals surface area contributed by atoms with Gasteiger partial charge in [-0.25, -0.2) is 9.37 Å². The van der Waals surface area contributed by atoms with Crippen LogP contribution < -0.4 is 0 Å². The average Bonchev–Trinajstić information content (AvgIpc) is 2.98. The van der Waals surface area contributed by atoms with E-state index < -0.39 is 0 Å². The number of aryl methyl sites for hydroxylation is 1. The Morgan fingerprint density at radius 2 is 1.93 bits per heavy atom. The summed E-state index contributed by atoms with van der Waals surface area (Å²) in [4.78, 5) is 21.5. The fourth-order valence-electron chi connectivity index (χ4n) is 3.61. The van der Waals surface area contributed by atoms with E-state index in [1.54, 1.807) is 6.07 Å². The maximum Gasteiger partial charge on any atom is 0.274 e. The van der Waals surface area contributed by atoms with Gasteiger partial charge >= 0.3 is 0 Å². The Labute approximate surface area is 158 Å². The van der Waals surface area contributed by atoms with Crippen molar-refractivity contribution in [1.29, 1.82) is 0 Å². The lowest BCUT2D eigenvalue weighted by Gasteiger charge is -2.21. The van der Waals surface area contributed by atoms with Gasteiger partial charge in [-0.2, -0.15) is 0 Å². The maximum atomic E-state index is 13.9. The number of amides is 1. The minimum absolute atomic E-state index is 0.0363. The smallest absolute Gasteiger partial charge is 0.274 e. The molecule has 0 saturated carbocycles. The number of carbonyl (C=O) groups is 1. The van der Waals surface area contributed by atoms with Gasteiger partial charge in [0.25, 0.3) is 5.91 Å². The molecule has 1 aliphatic heterocycles. The Morgan fingerprint density at radius 1 is 1.07 bits per heavy atom. The topological polar surface area (TPSA) is 40.9 Å². The van der Waals surface area contributed by atoms with Crippen molar-refractivity contribution < 1.29 is 9.18 Å². The molecule has 0 unspecified atom stereocenters. The van der Waals surface area contributed by atoms with Crippen LogP contribution in [0, 0.1) is 12.7 Å². The number of hydrogen-bond donors (Lipinski definition) is 0. The summed E-state index contributed by atoms with van der Waals surface area (Å²) in [6.07, 6.45) is 2.68. The van der Waals surface area contributed by atoms with Crippen molar-refractivity contribution in [2.75, 3.05) is 26.2 Å². The van der Waals surface area contributed by atoms with Crippen LogP contribution in [0.15, 0.2) is 48.7 Å². The highest BCUT2D eigenvalue weighted by Crippen LogP contribution is 2.15. The Kier molecular flexibility index (Phi) is 4.90. The summed E-state index contributed by atoms with van der Waals surface area (Å²) in [5.41, 5.74) is 3.01. The molecule has 3 aromatic rings. The molecule has 6 heteroatoms. The number of halogens is 1. The third-order valence-electron chi connectivity index (χ3n) is 5.14. The Morgan fingerprint density at radius 3 is 2.74 bits per heavy atom. The van der Waals surface area contributed by atoms with E-state index in [-0.39, 0.29) is 11.7 Å². The molecular weight excluding hydrogens is 343 g/mol. The Hall–Kier alpha value is -2.73. The van der Waals surface area contributed by atoms with Crippen molar-refractivity contribution >= 4 is 11.6 Å². The fraction of sp³-hybridized carbons (Fsp3) is 0.333. The fourth-order valence-corrected chi connectivity index (χ4v) is 3.61. The highest BCUT2D eigenvalue weighted by molar-refractivity contribution is 5.93. The second-order valence-corrected chi connectivity index (χ2v) is 7.03. The van der Waals surface area contributed by atoms with Crippen LogP contribution in [0.5, 0.6) is 0 Å². The van der Waals surface area contributed by atoms with Gasteiger partial charge in [0.05, 0.1) is 0 Å². The normalized spacial score (nSPS) is 15.9. The van der Waals surface area contributed by atoms with Crippen LogP contribution in [0.1, 0.15) is 28.2 Å². The molecule has 27 heavy (non-hydrogen) atoms. The third kappa shape index (κ3) is 3.71. The van der Waals surface area contributed by atoms with Gasteiger partial charge in [0, 0.05) is 50.2 Å². The summed E-state index contributed by atoms with van der Waals surface area (Å²) in [6.45, 7) is 5.46. The molecule has 0 spiro atoms. The lowest BCUT2D eigenvalue weighted by molar-refractivity contribution is 0.0756. The number of imidazole rings is 1. The molecule has 1 saturated heterocycles. The second kappa shape index (κ2) is 7.48. The minimum Gasteiger partial charge on any atom is -0.336 e. The maximum absolute atomic E-state index is 13.9. The number of carbonyl (C=O) groups excluding carboxylic acids is 1. The van der Waals surface area contributed by atoms with Gasteiger partial charge in [-0.15, -0.1) is 0 Å². The summed E-state index contributed by atoms with van der Waals surface area (Å²) in [5.74, 6) is -0.208. The molecule has 0 aliphatic carbocycles. The molecule has 4 rings (SSSR count). The van der Waals surface area contributed by atoms with Crippen LogP contribution in [-0.2, 0) is 6.54 Å². The van der Waals surface area contributed by atoms with E-state index in [0.717, 1.165) is 30.9 Å². The molecule has 0 radical (unpaired) electrons. The van der Waals surface area contributed by atoms with Crippen LogP contribution >= 0.6 is 0 Å². The predicted molar refractivity (Wildman–Crippen MR) is 102 cm³/mol. The molecule has 0 N–H and O–H groups in total. The number of benzene rings is 1. The summed E-state index contributed by atoms with van der Waals surface area (Å²) in [6, 6.07) is 12.7. The van der Waals surface area contributed by atoms with Crippen LogP contribution in [0.2, 0.25) is 0 Å². The van der Waals surface area contributed by atoms with Crippen molar-refractivity contribution in [2.24, 2.45) is 0 Å². The van der Waals surface area contributed by atoms with Crippen molar-refractivity contribution in [3.05, 3.63) is 71.4 Å². The van der Waals surface area contributed by atoms with Crippen LogP contribution in [-0.4, -0.2) is 51.3 Å². The van der Waals surface area contributed by atoms with Crippen molar-refractivity contribution in [1.82, 2.24) is 19.2 Å². The molecule has 5 nitrogen and oxygen atoms in total. The summed E-state index contributed by atoms with van der Waals surface area (Å²) < 4.78 is 15.8. The second-order valence-electron chi connectivity index (χ2n) is 7.03. The zero-order valence-corrected chi connectivity index (χ0v) is 15.4. The van der Waals surface area contributed by atoms with E-state index in [1.807, 2.05) is 52.8 Å². The number of fused-ring (bicyclic) bond motifs is 1. The largest absolute Gasteiger partial charge is 0.336 e. The van der Waals surface area contributed by atoms with Gasteiger partial charge < -0.3 is 9.30 Å². The monoisotopic (exact) mass is 366 g/mol. The van der Waals surface area contributed by atoms with Gasteiger partial charge in [0.2, 0.25) is 0 Å². The van der Waals surface area contributed by atoms with Gasteiger partial charge in [-0.05, 0) is 31.5 Å². The molecule has 1 amide bonds. The first-order chi connectivity index (χ1) is 13.1. The number of pyridine rings is 1. The van der Waals surface area contributed by atoms with Gasteiger partial charge in [-0.1, -0.05) is 24.3 Å². The molecule has 0 atom stereocenters. The van der Waals surface area contributed by atoms with E-state index in [0.29, 0.717) is 30.9 Å². The first-order valence-electron chi connectivity index (χ1n) is 9.31. The molecule has 0 bridgehead atoms. The lowest BCUT2D eigenvalue weighted by atomic mass is 10.2. The SMILES string of the molecule is Cc1cccc2nc(C(=O)N3CCCN(Cc4ccccc4F)CC3)cn12. The highest BCUT2D eigenvalue weighted by Gasteiger charge is 2.23.